The summed E-state index contributed by atoms with van der Waals surface area (Å²) in [6, 6.07) is 4.88. The summed E-state index contributed by atoms with van der Waals surface area (Å²) >= 11 is 0. The van der Waals surface area contributed by atoms with Crippen LogP contribution in [0.5, 0.6) is 5.75 Å². The molecule has 0 unspecified atom stereocenters. The zero-order chi connectivity index (χ0) is 15.4. The molecule has 5 nitrogen and oxygen atoms in total. The van der Waals surface area contributed by atoms with Crippen LogP contribution in [-0.2, 0) is 13.6 Å². The first-order valence-corrected chi connectivity index (χ1v) is 6.87. The van der Waals surface area contributed by atoms with E-state index in [1.54, 1.807) is 12.1 Å². The number of nitrogens with one attached hydrogen (secondary N) is 1. The van der Waals surface area contributed by atoms with Gasteiger partial charge in [-0.25, -0.2) is 9.37 Å². The van der Waals surface area contributed by atoms with Crippen molar-refractivity contribution in [2.75, 3.05) is 30.9 Å². The van der Waals surface area contributed by atoms with E-state index in [1.165, 1.54) is 6.07 Å². The van der Waals surface area contributed by atoms with Gasteiger partial charge < -0.3 is 19.5 Å². The Balaban J connectivity index is 2.05. The molecule has 0 aliphatic carbocycles. The Labute approximate surface area is 124 Å². The topological polar surface area (TPSA) is 42.3 Å². The molecule has 21 heavy (non-hydrogen) atoms. The molecule has 2 aromatic rings. The lowest BCUT2D eigenvalue weighted by molar-refractivity contribution is 0.321. The zero-order valence-corrected chi connectivity index (χ0v) is 12.9. The van der Waals surface area contributed by atoms with Crippen LogP contribution in [0.25, 0.3) is 0 Å². The first kappa shape index (κ1) is 15.2. The first-order chi connectivity index (χ1) is 10.0. The average molecular weight is 292 g/mol. The Kier molecular flexibility index (Phi) is 4.67. The van der Waals surface area contributed by atoms with E-state index in [0.717, 1.165) is 11.6 Å². The highest BCUT2D eigenvalue weighted by atomic mass is 19.1. The van der Waals surface area contributed by atoms with Gasteiger partial charge in [0.2, 0.25) is 5.95 Å². The first-order valence-electron chi connectivity index (χ1n) is 6.87. The van der Waals surface area contributed by atoms with E-state index >= 15 is 0 Å². The predicted octanol–water partition coefficient (Wildman–Crippen LogP) is 2.64. The van der Waals surface area contributed by atoms with Crippen LogP contribution in [0.3, 0.4) is 0 Å². The van der Waals surface area contributed by atoms with Crippen molar-refractivity contribution >= 4 is 11.6 Å². The van der Waals surface area contributed by atoms with Gasteiger partial charge in [-0.1, -0.05) is 0 Å². The Morgan fingerprint density at radius 3 is 2.71 bits per heavy atom. The summed E-state index contributed by atoms with van der Waals surface area (Å²) in [5.41, 5.74) is 1.73. The van der Waals surface area contributed by atoms with E-state index in [0.29, 0.717) is 18.8 Å². The van der Waals surface area contributed by atoms with Crippen LogP contribution in [0.15, 0.2) is 24.4 Å². The molecule has 0 radical (unpaired) electrons. The second kappa shape index (κ2) is 6.47. The van der Waals surface area contributed by atoms with Crippen LogP contribution in [0.4, 0.5) is 16.0 Å². The average Bonchev–Trinajstić information content (AvgIpc) is 2.81. The summed E-state index contributed by atoms with van der Waals surface area (Å²) in [5, 5.41) is 3.19. The normalized spacial score (nSPS) is 10.5. The SMILES string of the molecule is CCOc1ccc(NCc2cnc(N(C)C)n2C)cc1F. The lowest BCUT2D eigenvalue weighted by Crippen LogP contribution is -2.15. The Morgan fingerprint density at radius 1 is 1.38 bits per heavy atom. The second-order valence-corrected chi connectivity index (χ2v) is 4.93. The number of hydrogen-bond donors (Lipinski definition) is 1. The van der Waals surface area contributed by atoms with Gasteiger partial charge in [-0.15, -0.1) is 0 Å². The molecule has 0 spiro atoms. The van der Waals surface area contributed by atoms with Crippen molar-refractivity contribution in [3.63, 3.8) is 0 Å². The van der Waals surface area contributed by atoms with Gasteiger partial charge in [0.15, 0.2) is 11.6 Å². The number of benzene rings is 1. The molecule has 1 aromatic heterocycles. The van der Waals surface area contributed by atoms with Crippen molar-refractivity contribution in [1.82, 2.24) is 9.55 Å². The number of hydrogen-bond acceptors (Lipinski definition) is 4. The minimum absolute atomic E-state index is 0.276. The molecule has 0 amide bonds. The fourth-order valence-corrected chi connectivity index (χ4v) is 2.09. The molecule has 0 aliphatic rings. The Hall–Kier alpha value is -2.24. The largest absolute Gasteiger partial charge is 0.491 e. The monoisotopic (exact) mass is 292 g/mol. The van der Waals surface area contributed by atoms with E-state index in [-0.39, 0.29) is 11.6 Å². The van der Waals surface area contributed by atoms with Crippen LogP contribution in [0.1, 0.15) is 12.6 Å². The number of halogens is 1. The van der Waals surface area contributed by atoms with E-state index in [2.05, 4.69) is 10.3 Å². The maximum Gasteiger partial charge on any atom is 0.204 e. The van der Waals surface area contributed by atoms with Crippen molar-refractivity contribution in [3.8, 4) is 5.75 Å². The minimum atomic E-state index is -0.360. The number of imidazole rings is 1. The van der Waals surface area contributed by atoms with Crippen molar-refractivity contribution in [2.24, 2.45) is 7.05 Å². The molecule has 0 bridgehead atoms. The molecule has 1 aromatic carbocycles. The van der Waals surface area contributed by atoms with E-state index in [9.17, 15) is 4.39 Å². The summed E-state index contributed by atoms with van der Waals surface area (Å²) in [4.78, 5) is 6.28. The highest BCUT2D eigenvalue weighted by Gasteiger charge is 2.08. The molecule has 114 valence electrons. The predicted molar refractivity (Wildman–Crippen MR) is 82.4 cm³/mol. The highest BCUT2D eigenvalue weighted by Crippen LogP contribution is 2.22. The van der Waals surface area contributed by atoms with Gasteiger partial charge in [0.25, 0.3) is 0 Å². The molecule has 0 fully saturated rings. The molecule has 0 saturated carbocycles. The van der Waals surface area contributed by atoms with E-state index < -0.39 is 0 Å². The summed E-state index contributed by atoms with van der Waals surface area (Å²) < 4.78 is 20.9. The van der Waals surface area contributed by atoms with Crippen LogP contribution in [0, 0.1) is 5.82 Å². The Morgan fingerprint density at radius 2 is 2.14 bits per heavy atom. The smallest absolute Gasteiger partial charge is 0.204 e. The van der Waals surface area contributed by atoms with Crippen LogP contribution in [0.2, 0.25) is 0 Å². The van der Waals surface area contributed by atoms with E-state index in [4.69, 9.17) is 4.74 Å². The standard InChI is InChI=1S/C15H21FN4O/c1-5-21-14-7-6-11(8-13(14)16)17-9-12-10-18-15(19(2)3)20(12)4/h6-8,10,17H,5,9H2,1-4H3. The minimum Gasteiger partial charge on any atom is -0.491 e. The van der Waals surface area contributed by atoms with Crippen molar-refractivity contribution < 1.29 is 9.13 Å². The molecule has 1 N–H and O–H groups in total. The van der Waals surface area contributed by atoms with Gasteiger partial charge in [0, 0.05) is 32.9 Å². The number of nitrogens with zero attached hydrogens (tertiary/aromatic N) is 3. The van der Waals surface area contributed by atoms with Gasteiger partial charge >= 0.3 is 0 Å². The third kappa shape index (κ3) is 3.45. The van der Waals surface area contributed by atoms with Crippen molar-refractivity contribution in [1.29, 1.82) is 0 Å². The van der Waals surface area contributed by atoms with Gasteiger partial charge in [0.1, 0.15) is 0 Å². The molecule has 6 heteroatoms. The third-order valence-corrected chi connectivity index (χ3v) is 3.17. The number of rotatable bonds is 6. The lowest BCUT2D eigenvalue weighted by Gasteiger charge is -2.13. The summed E-state index contributed by atoms with van der Waals surface area (Å²) in [6.07, 6.45) is 1.81. The molecule has 0 aliphatic heterocycles. The van der Waals surface area contributed by atoms with E-state index in [1.807, 2.05) is 43.7 Å². The van der Waals surface area contributed by atoms with Gasteiger partial charge in [-0.2, -0.15) is 0 Å². The van der Waals surface area contributed by atoms with Gasteiger partial charge in [-0.05, 0) is 19.1 Å². The van der Waals surface area contributed by atoms with Crippen molar-refractivity contribution in [2.45, 2.75) is 13.5 Å². The molecule has 0 saturated heterocycles. The zero-order valence-electron chi connectivity index (χ0n) is 12.9. The number of aromatic nitrogens is 2. The van der Waals surface area contributed by atoms with Gasteiger partial charge in [-0.3, -0.25) is 0 Å². The summed E-state index contributed by atoms with van der Waals surface area (Å²) in [5.74, 6) is 0.795. The Bertz CT molecular complexity index is 610. The fraction of sp³-hybridized carbons (Fsp3) is 0.400. The third-order valence-electron chi connectivity index (χ3n) is 3.17. The van der Waals surface area contributed by atoms with Crippen molar-refractivity contribution in [3.05, 3.63) is 35.9 Å². The summed E-state index contributed by atoms with van der Waals surface area (Å²) in [6.45, 7) is 2.85. The number of anilines is 2. The molecular formula is C15H21FN4O. The molecule has 1 heterocycles. The quantitative estimate of drug-likeness (QED) is 0.889. The van der Waals surface area contributed by atoms with Crippen LogP contribution >= 0.6 is 0 Å². The number of ether oxygens (including phenoxy) is 1. The fourth-order valence-electron chi connectivity index (χ4n) is 2.09. The van der Waals surface area contributed by atoms with Crippen LogP contribution in [-0.4, -0.2) is 30.3 Å². The molecule has 0 atom stereocenters. The molecular weight excluding hydrogens is 271 g/mol. The molecule has 2 rings (SSSR count). The highest BCUT2D eigenvalue weighted by molar-refractivity contribution is 5.47. The van der Waals surface area contributed by atoms with Gasteiger partial charge in [0.05, 0.1) is 25.0 Å². The summed E-state index contributed by atoms with van der Waals surface area (Å²) in [7, 11) is 5.85. The maximum absolute atomic E-state index is 13.8. The lowest BCUT2D eigenvalue weighted by atomic mass is 10.3. The second-order valence-electron chi connectivity index (χ2n) is 4.93. The van der Waals surface area contributed by atoms with Crippen LogP contribution < -0.4 is 15.0 Å². The maximum atomic E-state index is 13.8.